The van der Waals surface area contributed by atoms with Crippen LogP contribution in [0.1, 0.15) is 25.8 Å². The summed E-state index contributed by atoms with van der Waals surface area (Å²) in [4.78, 5) is 8.01. The molecule has 0 aliphatic heterocycles. The Bertz CT molecular complexity index is 728. The van der Waals surface area contributed by atoms with Gasteiger partial charge in [-0.05, 0) is 17.9 Å². The molecule has 0 saturated carbocycles. The van der Waals surface area contributed by atoms with Crippen molar-refractivity contribution in [2.75, 3.05) is 0 Å². The SMILES string of the molecule is CCC(C)Cc1ccccc1-c1cnc(-c2ccccc2)[nH]1. The fourth-order valence-corrected chi connectivity index (χ4v) is 2.68. The van der Waals surface area contributed by atoms with Crippen LogP contribution in [0.15, 0.2) is 60.8 Å². The summed E-state index contributed by atoms with van der Waals surface area (Å²) in [6, 6.07) is 18.9. The predicted molar refractivity (Wildman–Crippen MR) is 92.6 cm³/mol. The highest BCUT2D eigenvalue weighted by atomic mass is 14.9. The lowest BCUT2D eigenvalue weighted by atomic mass is 9.94. The van der Waals surface area contributed by atoms with E-state index in [4.69, 9.17) is 0 Å². The van der Waals surface area contributed by atoms with Crippen LogP contribution >= 0.6 is 0 Å². The van der Waals surface area contributed by atoms with Gasteiger partial charge in [0.15, 0.2) is 0 Å². The Kier molecular flexibility index (Phi) is 4.38. The predicted octanol–water partition coefficient (Wildman–Crippen LogP) is 5.33. The molecule has 2 aromatic carbocycles. The van der Waals surface area contributed by atoms with Crippen molar-refractivity contribution in [3.05, 3.63) is 66.4 Å². The Hall–Kier alpha value is -2.35. The van der Waals surface area contributed by atoms with Gasteiger partial charge in [0.1, 0.15) is 5.82 Å². The number of hydrogen-bond acceptors (Lipinski definition) is 1. The highest BCUT2D eigenvalue weighted by Crippen LogP contribution is 2.27. The molecule has 1 atom stereocenters. The number of benzene rings is 2. The fraction of sp³-hybridized carbons (Fsp3) is 0.250. The maximum Gasteiger partial charge on any atom is 0.137 e. The molecule has 1 heterocycles. The molecule has 0 aliphatic rings. The van der Waals surface area contributed by atoms with E-state index in [1.165, 1.54) is 17.5 Å². The van der Waals surface area contributed by atoms with Crippen LogP contribution in [-0.2, 0) is 6.42 Å². The smallest absolute Gasteiger partial charge is 0.137 e. The molecule has 0 radical (unpaired) electrons. The Morgan fingerprint density at radius 1 is 1.00 bits per heavy atom. The van der Waals surface area contributed by atoms with Gasteiger partial charge in [-0.1, -0.05) is 74.9 Å². The number of imidazole rings is 1. The first-order chi connectivity index (χ1) is 10.8. The molecule has 0 aliphatic carbocycles. The third kappa shape index (κ3) is 3.11. The van der Waals surface area contributed by atoms with Crippen molar-refractivity contribution < 1.29 is 0 Å². The fourth-order valence-electron chi connectivity index (χ4n) is 2.68. The molecular weight excluding hydrogens is 268 g/mol. The second kappa shape index (κ2) is 6.61. The summed E-state index contributed by atoms with van der Waals surface area (Å²) in [7, 11) is 0. The van der Waals surface area contributed by atoms with Gasteiger partial charge in [-0.25, -0.2) is 4.98 Å². The Labute approximate surface area is 132 Å². The van der Waals surface area contributed by atoms with Gasteiger partial charge in [0, 0.05) is 11.1 Å². The largest absolute Gasteiger partial charge is 0.338 e. The highest BCUT2D eigenvalue weighted by Gasteiger charge is 2.10. The zero-order chi connectivity index (χ0) is 15.4. The summed E-state index contributed by atoms with van der Waals surface area (Å²) in [5.41, 5.74) is 4.86. The number of aromatic nitrogens is 2. The van der Waals surface area contributed by atoms with Crippen molar-refractivity contribution in [2.45, 2.75) is 26.7 Å². The summed E-state index contributed by atoms with van der Waals surface area (Å²) in [6.07, 6.45) is 4.25. The van der Waals surface area contributed by atoms with E-state index < -0.39 is 0 Å². The normalized spacial score (nSPS) is 12.3. The Morgan fingerprint density at radius 3 is 2.50 bits per heavy atom. The molecule has 3 aromatic rings. The van der Waals surface area contributed by atoms with E-state index in [2.05, 4.69) is 60.2 Å². The summed E-state index contributed by atoms with van der Waals surface area (Å²) in [5.74, 6) is 1.62. The van der Waals surface area contributed by atoms with Gasteiger partial charge < -0.3 is 4.98 Å². The zero-order valence-corrected chi connectivity index (χ0v) is 13.2. The monoisotopic (exact) mass is 290 g/mol. The lowest BCUT2D eigenvalue weighted by Gasteiger charge is -2.12. The minimum atomic E-state index is 0.692. The maximum absolute atomic E-state index is 4.55. The first-order valence-corrected chi connectivity index (χ1v) is 7.96. The van der Waals surface area contributed by atoms with Gasteiger partial charge in [-0.2, -0.15) is 0 Å². The van der Waals surface area contributed by atoms with E-state index in [1.807, 2.05) is 24.4 Å². The van der Waals surface area contributed by atoms with E-state index in [0.29, 0.717) is 5.92 Å². The minimum absolute atomic E-state index is 0.692. The second-order valence-electron chi connectivity index (χ2n) is 5.89. The molecule has 1 N–H and O–H groups in total. The highest BCUT2D eigenvalue weighted by molar-refractivity contribution is 5.67. The first-order valence-electron chi connectivity index (χ1n) is 7.96. The lowest BCUT2D eigenvalue weighted by molar-refractivity contribution is 0.561. The molecule has 0 amide bonds. The van der Waals surface area contributed by atoms with E-state index in [0.717, 1.165) is 23.5 Å². The maximum atomic E-state index is 4.55. The van der Waals surface area contributed by atoms with Crippen molar-refractivity contribution in [3.8, 4) is 22.6 Å². The Morgan fingerprint density at radius 2 is 1.73 bits per heavy atom. The van der Waals surface area contributed by atoms with Crippen molar-refractivity contribution >= 4 is 0 Å². The molecule has 0 bridgehead atoms. The zero-order valence-electron chi connectivity index (χ0n) is 13.2. The molecule has 2 heteroatoms. The van der Waals surface area contributed by atoms with E-state index in [9.17, 15) is 0 Å². The average molecular weight is 290 g/mol. The lowest BCUT2D eigenvalue weighted by Crippen LogP contribution is -1.99. The molecule has 0 saturated heterocycles. The number of hydrogen-bond donors (Lipinski definition) is 1. The van der Waals surface area contributed by atoms with Crippen LogP contribution < -0.4 is 0 Å². The van der Waals surface area contributed by atoms with Crippen molar-refractivity contribution in [2.24, 2.45) is 5.92 Å². The standard InChI is InChI=1S/C20H22N2/c1-3-15(2)13-17-11-7-8-12-18(17)19-14-21-20(22-19)16-9-5-4-6-10-16/h4-12,14-15H,3,13H2,1-2H3,(H,21,22). The summed E-state index contributed by atoms with van der Waals surface area (Å²) < 4.78 is 0. The molecule has 1 unspecified atom stereocenters. The van der Waals surface area contributed by atoms with E-state index >= 15 is 0 Å². The number of nitrogens with zero attached hydrogens (tertiary/aromatic N) is 1. The minimum Gasteiger partial charge on any atom is -0.338 e. The average Bonchev–Trinajstić information content (AvgIpc) is 3.06. The molecule has 22 heavy (non-hydrogen) atoms. The van der Waals surface area contributed by atoms with Gasteiger partial charge in [-0.15, -0.1) is 0 Å². The molecule has 0 fully saturated rings. The van der Waals surface area contributed by atoms with Crippen LogP contribution in [0.5, 0.6) is 0 Å². The quantitative estimate of drug-likeness (QED) is 0.675. The first kappa shape index (κ1) is 14.6. The molecule has 2 nitrogen and oxygen atoms in total. The number of H-pyrrole nitrogens is 1. The summed E-state index contributed by atoms with van der Waals surface area (Å²) in [5, 5.41) is 0. The van der Waals surface area contributed by atoms with Gasteiger partial charge in [0.2, 0.25) is 0 Å². The van der Waals surface area contributed by atoms with E-state index in [-0.39, 0.29) is 0 Å². The Balaban J connectivity index is 1.94. The molecule has 1 aromatic heterocycles. The number of nitrogens with one attached hydrogen (secondary N) is 1. The summed E-state index contributed by atoms with van der Waals surface area (Å²) in [6.45, 7) is 4.55. The van der Waals surface area contributed by atoms with Crippen molar-refractivity contribution in [1.29, 1.82) is 0 Å². The topological polar surface area (TPSA) is 28.7 Å². The van der Waals surface area contributed by atoms with Crippen LogP contribution in [0.2, 0.25) is 0 Å². The second-order valence-corrected chi connectivity index (χ2v) is 5.89. The third-order valence-corrected chi connectivity index (χ3v) is 4.20. The number of aromatic amines is 1. The van der Waals surface area contributed by atoms with Crippen molar-refractivity contribution in [1.82, 2.24) is 9.97 Å². The van der Waals surface area contributed by atoms with Crippen LogP contribution in [0, 0.1) is 5.92 Å². The molecular formula is C20H22N2. The van der Waals surface area contributed by atoms with Gasteiger partial charge in [0.25, 0.3) is 0 Å². The molecule has 0 spiro atoms. The molecule has 112 valence electrons. The van der Waals surface area contributed by atoms with Crippen molar-refractivity contribution in [3.63, 3.8) is 0 Å². The summed E-state index contributed by atoms with van der Waals surface area (Å²) >= 11 is 0. The van der Waals surface area contributed by atoms with Crippen LogP contribution in [0.4, 0.5) is 0 Å². The van der Waals surface area contributed by atoms with Crippen LogP contribution in [0.25, 0.3) is 22.6 Å². The van der Waals surface area contributed by atoms with Crippen LogP contribution in [-0.4, -0.2) is 9.97 Å². The van der Waals surface area contributed by atoms with Gasteiger partial charge in [0.05, 0.1) is 11.9 Å². The molecule has 3 rings (SSSR count). The third-order valence-electron chi connectivity index (χ3n) is 4.20. The van der Waals surface area contributed by atoms with Gasteiger partial charge in [-0.3, -0.25) is 0 Å². The van der Waals surface area contributed by atoms with Gasteiger partial charge >= 0.3 is 0 Å². The van der Waals surface area contributed by atoms with Crippen LogP contribution in [0.3, 0.4) is 0 Å². The van der Waals surface area contributed by atoms with E-state index in [1.54, 1.807) is 0 Å². The number of rotatable bonds is 5.